The van der Waals surface area contributed by atoms with Crippen LogP contribution in [-0.4, -0.2) is 64.3 Å². The summed E-state index contributed by atoms with van der Waals surface area (Å²) in [6.45, 7) is -1.05. The Bertz CT molecular complexity index is 997. The Hall–Kier alpha value is -1.03. The number of aliphatic hydroxyl groups is 2. The predicted octanol–water partition coefficient (Wildman–Crippen LogP) is -2.50. The van der Waals surface area contributed by atoms with E-state index in [2.05, 4.69) is 13.1 Å². The summed E-state index contributed by atoms with van der Waals surface area (Å²) >= 11 is 0. The van der Waals surface area contributed by atoms with Crippen molar-refractivity contribution in [2.75, 3.05) is 6.61 Å². The first-order chi connectivity index (χ1) is 13.1. The van der Waals surface area contributed by atoms with E-state index < -0.39 is 65.9 Å². The highest BCUT2D eigenvalue weighted by Crippen LogP contribution is 2.66. The van der Waals surface area contributed by atoms with E-state index in [-0.39, 0.29) is 0 Å². The number of nitrogens with one attached hydrogen (secondary N) is 1. The molecule has 1 aromatic heterocycles. The third-order valence-corrected chi connectivity index (χ3v) is 7.08. The molecule has 0 spiro atoms. The maximum Gasteiger partial charge on any atom is 0.490 e. The molecular weight excluding hydrogens is 472 g/mol. The number of aromatic nitrogens is 2. The molecule has 1 aliphatic heterocycles. The molecule has 1 saturated heterocycles. The maximum absolute atomic E-state index is 11.7. The lowest BCUT2D eigenvalue weighted by molar-refractivity contribution is -0.0542. The van der Waals surface area contributed by atoms with Gasteiger partial charge in [0.1, 0.15) is 18.3 Å². The number of phosphoric ester groups is 1. The van der Waals surface area contributed by atoms with Gasteiger partial charge in [-0.05, 0) is 0 Å². The fourth-order valence-corrected chi connectivity index (χ4v) is 5.23. The molecule has 7 N–H and O–H groups in total. The van der Waals surface area contributed by atoms with E-state index in [0.29, 0.717) is 4.57 Å². The Labute approximate surface area is 159 Å². The Morgan fingerprint density at radius 3 is 2.21 bits per heavy atom. The summed E-state index contributed by atoms with van der Waals surface area (Å²) in [5.41, 5.74) is -1.74. The smallest absolute Gasteiger partial charge is 0.387 e. The van der Waals surface area contributed by atoms with Gasteiger partial charge in [0.25, 0.3) is 5.56 Å². The number of aliphatic hydroxyl groups excluding tert-OH is 2. The third kappa shape index (κ3) is 6.73. The van der Waals surface area contributed by atoms with Crippen molar-refractivity contribution in [3.05, 3.63) is 33.1 Å². The Morgan fingerprint density at radius 1 is 1.03 bits per heavy atom. The zero-order chi connectivity index (χ0) is 22.2. The maximum atomic E-state index is 11.7. The van der Waals surface area contributed by atoms with Crippen LogP contribution in [0.5, 0.6) is 0 Å². The van der Waals surface area contributed by atoms with E-state index in [1.165, 1.54) is 0 Å². The standard InChI is InChI=1S/C9H15N2O15P3/c12-5-1-2-11(9(15)10-5)8-7(14)6(13)4(24-8)3-23-28(19,20)26-29(21,22)25-27(16,17)18/h1-2,4,6-8,13-14H,3H2,(H,19,20)(H,21,22)(H,10,12,15)(H2,16,17,18)/t4-,6-,7-,8-/m1/s1/i27+1,28+1,29+1. The van der Waals surface area contributed by atoms with Gasteiger partial charge >= 0.3 is 29.2 Å². The highest BCUT2D eigenvalue weighted by atomic mass is 32.3. The van der Waals surface area contributed by atoms with Crippen molar-refractivity contribution < 1.29 is 61.4 Å². The minimum Gasteiger partial charge on any atom is -0.387 e. The molecule has 166 valence electrons. The lowest BCUT2D eigenvalue weighted by Crippen LogP contribution is -2.37. The Morgan fingerprint density at radius 2 is 1.66 bits per heavy atom. The van der Waals surface area contributed by atoms with Crippen LogP contribution in [0.25, 0.3) is 0 Å². The molecule has 6 atom stereocenters. The number of ether oxygens (including phenoxy) is 1. The normalized spacial score (nSPS) is 29.3. The van der Waals surface area contributed by atoms with E-state index in [1.54, 1.807) is 0 Å². The van der Waals surface area contributed by atoms with Crippen molar-refractivity contribution in [1.82, 2.24) is 9.55 Å². The first-order valence-electron chi connectivity index (χ1n) is 7.22. The fourth-order valence-electron chi connectivity index (χ4n) is 2.20. The van der Waals surface area contributed by atoms with Crippen LogP contribution >= 0.6 is 23.5 Å². The van der Waals surface area contributed by atoms with E-state index in [0.717, 1.165) is 12.3 Å². The van der Waals surface area contributed by atoms with Gasteiger partial charge in [-0.1, -0.05) is 0 Å². The van der Waals surface area contributed by atoms with Crippen LogP contribution < -0.4 is 11.2 Å². The lowest BCUT2D eigenvalue weighted by Gasteiger charge is -2.19. The van der Waals surface area contributed by atoms with Gasteiger partial charge in [0.2, 0.25) is 0 Å². The van der Waals surface area contributed by atoms with Crippen LogP contribution in [-0.2, 0) is 31.6 Å². The SMILES string of the molecule is O=c1ccn([C@@H]2O[C@H](CO[32P](=O)(O)O[32P](=O)(O)O[32P](=O)(O)O)[C@@H](O)[C@H]2O)c(=O)[nH]1. The lowest BCUT2D eigenvalue weighted by atomic mass is 10.1. The minimum atomic E-state index is -5.73. The Balaban J connectivity index is 2.06. The van der Waals surface area contributed by atoms with Gasteiger partial charge in [-0.3, -0.25) is 18.9 Å². The van der Waals surface area contributed by atoms with Crippen LogP contribution in [0.1, 0.15) is 6.23 Å². The van der Waals surface area contributed by atoms with Crippen molar-refractivity contribution in [3.63, 3.8) is 0 Å². The summed E-state index contributed by atoms with van der Waals surface area (Å²) in [7, 11) is -16.8. The van der Waals surface area contributed by atoms with Gasteiger partial charge in [0, 0.05) is 12.3 Å². The number of hydrogen-bond donors (Lipinski definition) is 7. The van der Waals surface area contributed by atoms with Crippen LogP contribution in [0.3, 0.4) is 0 Å². The number of aromatic amines is 1. The molecule has 2 heterocycles. The second-order valence-electron chi connectivity index (χ2n) is 5.45. The predicted molar refractivity (Wildman–Crippen MR) is 87.1 cm³/mol. The average molecular weight is 487 g/mol. The molecule has 0 saturated carbocycles. The quantitative estimate of drug-likeness (QED) is 0.187. The molecule has 0 bridgehead atoms. The van der Waals surface area contributed by atoms with Crippen molar-refractivity contribution in [2.45, 2.75) is 24.5 Å². The fraction of sp³-hybridized carbons (Fsp3) is 0.556. The zero-order valence-electron chi connectivity index (χ0n) is 13.8. The number of hydrogen-bond acceptors (Lipinski definition) is 11. The summed E-state index contributed by atoms with van der Waals surface area (Å²) in [5.74, 6) is 0. The molecule has 2 unspecified atom stereocenters. The highest BCUT2D eigenvalue weighted by Gasteiger charge is 2.46. The van der Waals surface area contributed by atoms with Gasteiger partial charge in [0.15, 0.2) is 6.23 Å². The molecular formula is C9H15N2O15P3. The van der Waals surface area contributed by atoms with E-state index >= 15 is 0 Å². The largest absolute Gasteiger partial charge is 0.490 e. The minimum absolute atomic E-state index is 0.708. The second kappa shape index (κ2) is 8.61. The van der Waals surface area contributed by atoms with E-state index in [1.807, 2.05) is 4.98 Å². The molecule has 2 rings (SSSR count). The molecule has 1 aromatic rings. The first kappa shape index (κ1) is 24.2. The summed E-state index contributed by atoms with van der Waals surface area (Å²) in [5, 5.41) is 19.9. The van der Waals surface area contributed by atoms with E-state index in [4.69, 9.17) is 19.4 Å². The monoisotopic (exact) mass is 487 g/mol. The van der Waals surface area contributed by atoms with Crippen LogP contribution in [0.4, 0.5) is 0 Å². The molecule has 29 heavy (non-hydrogen) atoms. The van der Waals surface area contributed by atoms with Gasteiger partial charge in [0.05, 0.1) is 6.61 Å². The highest BCUT2D eigenvalue weighted by molar-refractivity contribution is 7.66. The molecule has 0 radical (unpaired) electrons. The molecule has 0 amide bonds. The molecule has 1 aliphatic rings. The summed E-state index contributed by atoms with van der Waals surface area (Å²) in [6.07, 6.45) is -5.70. The van der Waals surface area contributed by atoms with Gasteiger partial charge in [-0.2, -0.15) is 8.62 Å². The van der Waals surface area contributed by atoms with Gasteiger partial charge in [-0.15, -0.1) is 0 Å². The van der Waals surface area contributed by atoms with Gasteiger partial charge < -0.3 is 34.5 Å². The van der Waals surface area contributed by atoms with Crippen LogP contribution in [0.2, 0.25) is 0 Å². The molecule has 1 fully saturated rings. The topological polar surface area (TPSA) is 264 Å². The number of nitrogens with zero attached hydrogens (tertiary/aromatic N) is 1. The number of phosphoric acid groups is 3. The summed E-state index contributed by atoms with van der Waals surface area (Å²) in [4.78, 5) is 59.9. The first-order valence-corrected chi connectivity index (χ1v) is 11.7. The van der Waals surface area contributed by atoms with E-state index in [9.17, 15) is 38.4 Å². The van der Waals surface area contributed by atoms with Gasteiger partial charge in [-0.25, -0.2) is 18.5 Å². The van der Waals surface area contributed by atoms with Crippen LogP contribution in [0.15, 0.2) is 21.9 Å². The van der Waals surface area contributed by atoms with Crippen LogP contribution in [0, 0.1) is 0 Å². The third-order valence-electron chi connectivity index (χ3n) is 3.28. The van der Waals surface area contributed by atoms with Crippen molar-refractivity contribution >= 4 is 23.5 Å². The summed E-state index contributed by atoms with van der Waals surface area (Å²) in [6, 6.07) is 0.920. The molecule has 20 heteroatoms. The Kier molecular flexibility index (Phi) is 7.20. The van der Waals surface area contributed by atoms with Crippen molar-refractivity contribution in [1.29, 1.82) is 0 Å². The zero-order valence-corrected chi connectivity index (χ0v) is 16.5. The molecule has 0 aromatic carbocycles. The second-order valence-corrected chi connectivity index (χ2v) is 9.87. The average Bonchev–Trinajstić information content (AvgIpc) is 2.78. The number of H-pyrrole nitrogens is 1. The molecule has 0 aliphatic carbocycles. The molecule has 17 nitrogen and oxygen atoms in total. The van der Waals surface area contributed by atoms with Crippen molar-refractivity contribution in [3.8, 4) is 0 Å². The summed E-state index contributed by atoms with van der Waals surface area (Å²) < 4.78 is 50.6. The number of rotatable bonds is 8. The van der Waals surface area contributed by atoms with Crippen molar-refractivity contribution in [2.24, 2.45) is 0 Å².